The Bertz CT molecular complexity index is 1420. The highest BCUT2D eigenvalue weighted by Gasteiger charge is 2.32. The summed E-state index contributed by atoms with van der Waals surface area (Å²) < 4.78 is 24.6. The monoisotopic (exact) mass is 640 g/mol. The first-order valence-corrected chi connectivity index (χ1v) is 14.3. The van der Waals surface area contributed by atoms with Crippen molar-refractivity contribution >= 4 is 40.4 Å². The van der Waals surface area contributed by atoms with Gasteiger partial charge in [-0.25, -0.2) is 0 Å². The molecule has 8 heteroatoms. The van der Waals surface area contributed by atoms with Gasteiger partial charge in [0.05, 0.1) is 41.2 Å². The third kappa shape index (κ3) is 6.00. The molecule has 1 fully saturated rings. The van der Waals surface area contributed by atoms with Crippen LogP contribution in [-0.4, -0.2) is 49.9 Å². The lowest BCUT2D eigenvalue weighted by molar-refractivity contribution is 0.0774. The van der Waals surface area contributed by atoms with Crippen molar-refractivity contribution in [2.24, 2.45) is 4.99 Å². The summed E-state index contributed by atoms with van der Waals surface area (Å²) in [5.74, 6) is 3.90. The van der Waals surface area contributed by atoms with Gasteiger partial charge < -0.3 is 23.8 Å². The number of benzene rings is 3. The van der Waals surface area contributed by atoms with Crippen LogP contribution < -0.4 is 18.9 Å². The predicted molar refractivity (Wildman–Crippen MR) is 161 cm³/mol. The number of rotatable bonds is 9. The average Bonchev–Trinajstić information content (AvgIpc) is 3.35. The number of hydrogen-bond acceptors (Lipinski definition) is 6. The van der Waals surface area contributed by atoms with Gasteiger partial charge in [0, 0.05) is 31.3 Å². The number of ether oxygens (including phenoxy) is 4. The molecule has 0 spiro atoms. The lowest BCUT2D eigenvalue weighted by Crippen LogP contribution is -2.35. The van der Waals surface area contributed by atoms with Gasteiger partial charge in [0.25, 0.3) is 5.91 Å². The maximum absolute atomic E-state index is 13.0. The fourth-order valence-corrected chi connectivity index (χ4v) is 5.51. The van der Waals surface area contributed by atoms with Gasteiger partial charge in [0.15, 0.2) is 0 Å². The molecule has 2 aliphatic heterocycles. The summed E-state index contributed by atoms with van der Waals surface area (Å²) in [6.45, 7) is 7.85. The van der Waals surface area contributed by atoms with Crippen molar-refractivity contribution in [1.82, 2.24) is 4.90 Å². The Morgan fingerprint density at radius 3 is 2.56 bits per heavy atom. The van der Waals surface area contributed by atoms with Gasteiger partial charge in [-0.15, -0.1) is 0 Å². The molecule has 0 radical (unpaired) electrons. The first-order valence-electron chi connectivity index (χ1n) is 13.2. The van der Waals surface area contributed by atoms with Crippen LogP contribution in [0.25, 0.3) is 0 Å². The molecular formula is C31H33IN2O5. The van der Waals surface area contributed by atoms with Gasteiger partial charge in [-0.05, 0) is 103 Å². The van der Waals surface area contributed by atoms with Crippen LogP contribution in [0.5, 0.6) is 28.7 Å². The molecule has 3 aromatic rings. The molecule has 39 heavy (non-hydrogen) atoms. The van der Waals surface area contributed by atoms with Crippen LogP contribution in [0.3, 0.4) is 0 Å². The fourth-order valence-electron chi connectivity index (χ4n) is 4.91. The number of nitrogens with zero attached hydrogens (tertiary/aromatic N) is 2. The number of hydrogen-bond donors (Lipinski definition) is 0. The molecular weight excluding hydrogens is 607 g/mol. The highest BCUT2D eigenvalue weighted by Crippen LogP contribution is 2.35. The number of carbonyl (C=O) groups is 1. The third-order valence-electron chi connectivity index (χ3n) is 7.23. The molecule has 0 aromatic heterocycles. The summed E-state index contributed by atoms with van der Waals surface area (Å²) in [6.07, 6.45) is 4.62. The van der Waals surface area contributed by atoms with Crippen molar-refractivity contribution in [3.63, 3.8) is 0 Å². The summed E-state index contributed by atoms with van der Waals surface area (Å²) in [6, 6.07) is 13.6. The van der Waals surface area contributed by atoms with Gasteiger partial charge in [0.1, 0.15) is 28.7 Å². The van der Waals surface area contributed by atoms with Crippen molar-refractivity contribution in [3.8, 4) is 28.7 Å². The first kappa shape index (κ1) is 27.3. The lowest BCUT2D eigenvalue weighted by Gasteiger charge is -2.20. The minimum absolute atomic E-state index is 0.0628. The van der Waals surface area contributed by atoms with E-state index in [1.54, 1.807) is 7.11 Å². The molecule has 0 saturated carbocycles. The Morgan fingerprint density at radius 1 is 0.949 bits per heavy atom. The largest absolute Gasteiger partial charge is 0.496 e. The van der Waals surface area contributed by atoms with Gasteiger partial charge in [0.2, 0.25) is 0 Å². The molecule has 204 valence electrons. The van der Waals surface area contributed by atoms with E-state index in [-0.39, 0.29) is 11.9 Å². The maximum atomic E-state index is 13.0. The van der Waals surface area contributed by atoms with Gasteiger partial charge in [-0.2, -0.15) is 0 Å². The van der Waals surface area contributed by atoms with Gasteiger partial charge in [-0.1, -0.05) is 0 Å². The highest BCUT2D eigenvalue weighted by molar-refractivity contribution is 14.1. The Morgan fingerprint density at radius 2 is 1.77 bits per heavy atom. The fraction of sp³-hybridized carbons (Fsp3) is 0.355. The summed E-state index contributed by atoms with van der Waals surface area (Å²) in [4.78, 5) is 19.5. The predicted octanol–water partition coefficient (Wildman–Crippen LogP) is 7.19. The zero-order valence-electron chi connectivity index (χ0n) is 22.8. The second-order valence-corrected chi connectivity index (χ2v) is 11.1. The van der Waals surface area contributed by atoms with E-state index in [1.165, 1.54) is 0 Å². The van der Waals surface area contributed by atoms with E-state index in [2.05, 4.69) is 27.6 Å². The molecule has 1 atom stereocenters. The number of carbonyl (C=O) groups excluding carboxylic acids is 1. The van der Waals surface area contributed by atoms with Gasteiger partial charge in [-0.3, -0.25) is 9.79 Å². The van der Waals surface area contributed by atoms with E-state index >= 15 is 0 Å². The standard InChI is InChI=1S/C31H33IN2O5/c1-19-13-24(16-30(36-4)21(19)3)39-28-9-8-23(15-26(28)32)37-11-6-12-38-29-17-27-25(14-20(29)2)31(35)34-10-5-7-22(34)18-33-27/h8-9,13-18,22H,5-7,10-12H2,1-4H3/t22-/m0/s1. The van der Waals surface area contributed by atoms with Crippen molar-refractivity contribution in [2.45, 2.75) is 46.1 Å². The number of methoxy groups -OCH3 is 1. The highest BCUT2D eigenvalue weighted by atomic mass is 127. The molecule has 1 saturated heterocycles. The van der Waals surface area contributed by atoms with Crippen LogP contribution in [0.1, 0.15) is 46.3 Å². The van der Waals surface area contributed by atoms with E-state index < -0.39 is 0 Å². The molecule has 0 N–H and O–H groups in total. The average molecular weight is 641 g/mol. The van der Waals surface area contributed by atoms with E-state index in [0.717, 1.165) is 68.4 Å². The van der Waals surface area contributed by atoms with Crippen molar-refractivity contribution < 1.29 is 23.7 Å². The molecule has 0 bridgehead atoms. The summed E-state index contributed by atoms with van der Waals surface area (Å²) in [5.41, 5.74) is 4.49. The first-order chi connectivity index (χ1) is 18.8. The van der Waals surface area contributed by atoms with Crippen LogP contribution >= 0.6 is 22.6 Å². The molecule has 2 heterocycles. The molecule has 5 rings (SSSR count). The second kappa shape index (κ2) is 11.9. The minimum Gasteiger partial charge on any atom is -0.496 e. The van der Waals surface area contributed by atoms with Crippen LogP contribution in [0.15, 0.2) is 47.5 Å². The van der Waals surface area contributed by atoms with Crippen molar-refractivity contribution in [1.29, 1.82) is 0 Å². The Kier molecular flexibility index (Phi) is 8.30. The van der Waals surface area contributed by atoms with E-state index in [1.807, 2.05) is 74.4 Å². The van der Waals surface area contributed by atoms with Crippen LogP contribution in [0, 0.1) is 24.3 Å². The molecule has 3 aromatic carbocycles. The second-order valence-electron chi connectivity index (χ2n) is 9.93. The number of halogens is 1. The van der Waals surface area contributed by atoms with Crippen LogP contribution in [-0.2, 0) is 0 Å². The quantitative estimate of drug-likeness (QED) is 0.183. The van der Waals surface area contributed by atoms with Gasteiger partial charge >= 0.3 is 0 Å². The van der Waals surface area contributed by atoms with Crippen LogP contribution in [0.4, 0.5) is 5.69 Å². The summed E-state index contributed by atoms with van der Waals surface area (Å²) in [5, 5.41) is 0. The Balaban J connectivity index is 1.14. The number of fused-ring (bicyclic) bond motifs is 2. The SMILES string of the molecule is COc1cc(Oc2ccc(OCCCOc3cc4c(cc3C)C(=O)N3CCC[C@H]3C=N4)cc2I)cc(C)c1C. The lowest BCUT2D eigenvalue weighted by atomic mass is 10.1. The van der Waals surface area contributed by atoms with E-state index in [4.69, 9.17) is 18.9 Å². The van der Waals surface area contributed by atoms with Crippen LogP contribution in [0.2, 0.25) is 0 Å². The molecule has 0 aliphatic carbocycles. The zero-order valence-corrected chi connectivity index (χ0v) is 24.9. The van der Waals surface area contributed by atoms with E-state index in [0.29, 0.717) is 30.9 Å². The third-order valence-corrected chi connectivity index (χ3v) is 8.07. The topological polar surface area (TPSA) is 69.6 Å². The Hall–Kier alpha value is -3.27. The van der Waals surface area contributed by atoms with Crippen molar-refractivity contribution in [2.75, 3.05) is 26.9 Å². The molecule has 1 amide bonds. The normalized spacial score (nSPS) is 16.0. The van der Waals surface area contributed by atoms with Crippen molar-refractivity contribution in [3.05, 3.63) is 68.3 Å². The zero-order chi connectivity index (χ0) is 27.5. The molecule has 0 unspecified atom stereocenters. The minimum atomic E-state index is 0.0628. The summed E-state index contributed by atoms with van der Waals surface area (Å²) >= 11 is 2.26. The number of amides is 1. The number of aryl methyl sites for hydroxylation is 2. The van der Waals surface area contributed by atoms with E-state index in [9.17, 15) is 4.79 Å². The molecule has 2 aliphatic rings. The maximum Gasteiger partial charge on any atom is 0.256 e. The smallest absolute Gasteiger partial charge is 0.256 e. The Labute approximate surface area is 243 Å². The summed E-state index contributed by atoms with van der Waals surface area (Å²) in [7, 11) is 1.67. The number of aliphatic imine (C=N–C) groups is 1. The molecule has 7 nitrogen and oxygen atoms in total.